The summed E-state index contributed by atoms with van der Waals surface area (Å²) in [6.45, 7) is 4.65. The lowest BCUT2D eigenvalue weighted by Crippen LogP contribution is -2.21. The van der Waals surface area contributed by atoms with Crippen LogP contribution in [0.2, 0.25) is 13.6 Å². The highest BCUT2D eigenvalue weighted by atomic mass is 19.2. The molecular weight excluding hydrogens is 245 g/mol. The molecule has 0 unspecified atom stereocenters. The van der Waals surface area contributed by atoms with Gasteiger partial charge in [-0.1, -0.05) is 38.7 Å². The van der Waals surface area contributed by atoms with E-state index in [1.54, 1.807) is 0 Å². The van der Waals surface area contributed by atoms with Gasteiger partial charge in [0.15, 0.2) is 18.3 Å². The Morgan fingerprint density at radius 3 is 1.95 bits per heavy atom. The summed E-state index contributed by atoms with van der Waals surface area (Å²) in [5.41, 5.74) is 1.20. The molecule has 19 heavy (non-hydrogen) atoms. The van der Waals surface area contributed by atoms with Gasteiger partial charge >= 0.3 is 0 Å². The zero-order valence-electron chi connectivity index (χ0n) is 10.3. The molecule has 0 N–H and O–H groups in total. The number of halogens is 2. The smallest absolute Gasteiger partial charge is 0.169 e. The molecule has 0 atom stereocenters. The minimum Gasteiger partial charge on any atom is -0.457 e. The number of rotatable bonds is 3. The normalized spacial score (nSPS) is 9.68. The fraction of sp³-hybridized carbons (Fsp3) is 0.200. The molecule has 0 saturated heterocycles. The van der Waals surface area contributed by atoms with E-state index in [2.05, 4.69) is 13.6 Å². The Balaban J connectivity index is 0.00000180. The van der Waals surface area contributed by atoms with E-state index >= 15 is 0 Å². The number of benzene rings is 2. The van der Waals surface area contributed by atoms with E-state index in [1.807, 2.05) is 24.3 Å². The lowest BCUT2D eigenvalue weighted by Gasteiger charge is -2.07. The summed E-state index contributed by atoms with van der Waals surface area (Å²) >= 11 is 0. The zero-order chi connectivity index (χ0) is 13.1. The van der Waals surface area contributed by atoms with Gasteiger partial charge in [-0.3, -0.25) is 0 Å². The van der Waals surface area contributed by atoms with Crippen LogP contribution in [-0.4, -0.2) is 6.71 Å². The summed E-state index contributed by atoms with van der Waals surface area (Å²) in [7, 11) is 0. The molecule has 1 nitrogen and oxygen atoms in total. The van der Waals surface area contributed by atoms with Crippen LogP contribution in [0.4, 0.5) is 8.78 Å². The molecule has 0 bridgehead atoms. The quantitative estimate of drug-likeness (QED) is 0.747. The molecule has 0 saturated carbocycles. The Labute approximate surface area is 113 Å². The molecule has 0 aromatic heterocycles. The van der Waals surface area contributed by atoms with Crippen molar-refractivity contribution in [2.75, 3.05) is 0 Å². The monoisotopic (exact) mass is 262 g/mol. The van der Waals surface area contributed by atoms with Gasteiger partial charge in [0.25, 0.3) is 0 Å². The molecule has 0 spiro atoms. The van der Waals surface area contributed by atoms with E-state index in [0.717, 1.165) is 12.1 Å². The van der Waals surface area contributed by atoms with Crippen molar-refractivity contribution >= 4 is 12.2 Å². The van der Waals surface area contributed by atoms with Crippen molar-refractivity contribution in [3.8, 4) is 11.5 Å². The van der Waals surface area contributed by atoms with Gasteiger partial charge in [-0.15, -0.1) is 0 Å². The average Bonchev–Trinajstić information content (AvgIpc) is 2.34. The van der Waals surface area contributed by atoms with Gasteiger partial charge in [0.1, 0.15) is 11.5 Å². The van der Waals surface area contributed by atoms with Gasteiger partial charge < -0.3 is 4.74 Å². The third kappa shape index (κ3) is 3.81. The Morgan fingerprint density at radius 1 is 0.842 bits per heavy atom. The van der Waals surface area contributed by atoms with Crippen LogP contribution in [0.15, 0.2) is 42.5 Å². The van der Waals surface area contributed by atoms with Crippen LogP contribution in [0.25, 0.3) is 0 Å². The Bertz CT molecular complexity index is 538. The summed E-state index contributed by atoms with van der Waals surface area (Å²) < 4.78 is 31.2. The second-order valence-electron chi connectivity index (χ2n) is 4.40. The Morgan fingerprint density at radius 2 is 1.42 bits per heavy atom. The SMILES string of the molecule is C.CB(C)c1ccc(Oc2ccc(F)c(F)c2)cc1. The molecule has 0 heterocycles. The Kier molecular flexibility index (Phi) is 5.10. The van der Waals surface area contributed by atoms with E-state index in [1.165, 1.54) is 11.5 Å². The molecular formula is C15H17BF2O. The highest BCUT2D eigenvalue weighted by Crippen LogP contribution is 2.22. The van der Waals surface area contributed by atoms with Crippen LogP contribution in [-0.2, 0) is 0 Å². The lowest BCUT2D eigenvalue weighted by atomic mass is 9.49. The maximum absolute atomic E-state index is 13.0. The van der Waals surface area contributed by atoms with Gasteiger partial charge in [-0.2, -0.15) is 0 Å². The molecule has 100 valence electrons. The fourth-order valence-electron chi connectivity index (χ4n) is 1.60. The first-order valence-corrected chi connectivity index (χ1v) is 5.79. The molecule has 0 aliphatic carbocycles. The van der Waals surface area contributed by atoms with Crippen LogP contribution in [0.1, 0.15) is 7.43 Å². The van der Waals surface area contributed by atoms with E-state index in [0.29, 0.717) is 12.5 Å². The van der Waals surface area contributed by atoms with Crippen LogP contribution in [0.5, 0.6) is 11.5 Å². The van der Waals surface area contributed by atoms with Gasteiger partial charge in [0.2, 0.25) is 0 Å². The predicted octanol–water partition coefficient (Wildman–Crippen LogP) is 4.35. The van der Waals surface area contributed by atoms with Crippen molar-refractivity contribution in [2.24, 2.45) is 0 Å². The predicted molar refractivity (Wildman–Crippen MR) is 76.7 cm³/mol. The summed E-state index contributed by atoms with van der Waals surface area (Å²) in [5, 5.41) is 0. The van der Waals surface area contributed by atoms with E-state index in [4.69, 9.17) is 4.74 Å². The van der Waals surface area contributed by atoms with Crippen LogP contribution < -0.4 is 10.2 Å². The van der Waals surface area contributed by atoms with Gasteiger partial charge in [0, 0.05) is 6.07 Å². The summed E-state index contributed by atoms with van der Waals surface area (Å²) in [4.78, 5) is 0. The van der Waals surface area contributed by atoms with Crippen molar-refractivity contribution in [1.29, 1.82) is 0 Å². The van der Waals surface area contributed by atoms with Crippen molar-refractivity contribution in [3.63, 3.8) is 0 Å². The highest BCUT2D eigenvalue weighted by Gasteiger charge is 2.05. The maximum atomic E-state index is 13.0. The average molecular weight is 262 g/mol. The van der Waals surface area contributed by atoms with Crippen molar-refractivity contribution in [1.82, 2.24) is 0 Å². The van der Waals surface area contributed by atoms with Crippen LogP contribution >= 0.6 is 0 Å². The van der Waals surface area contributed by atoms with E-state index in [-0.39, 0.29) is 13.2 Å². The fourth-order valence-corrected chi connectivity index (χ4v) is 1.60. The van der Waals surface area contributed by atoms with Crippen molar-refractivity contribution < 1.29 is 13.5 Å². The third-order valence-corrected chi connectivity index (χ3v) is 2.67. The Hall–Kier alpha value is -1.84. The summed E-state index contributed by atoms with van der Waals surface area (Å²) in [6.07, 6.45) is 0. The van der Waals surface area contributed by atoms with Crippen molar-refractivity contribution in [3.05, 3.63) is 54.1 Å². The molecule has 4 heteroatoms. The molecule has 2 rings (SSSR count). The highest BCUT2D eigenvalue weighted by molar-refractivity contribution is 6.70. The molecule has 2 aromatic rings. The number of hydrogen-bond donors (Lipinski definition) is 0. The summed E-state index contributed by atoms with van der Waals surface area (Å²) in [5.74, 6) is -0.902. The second-order valence-corrected chi connectivity index (χ2v) is 4.40. The minimum atomic E-state index is -0.911. The molecule has 0 fully saturated rings. The molecule has 0 radical (unpaired) electrons. The van der Waals surface area contributed by atoms with E-state index in [9.17, 15) is 8.78 Å². The number of hydrogen-bond acceptors (Lipinski definition) is 1. The first kappa shape index (κ1) is 15.2. The zero-order valence-corrected chi connectivity index (χ0v) is 10.3. The van der Waals surface area contributed by atoms with Gasteiger partial charge in [-0.25, -0.2) is 8.78 Å². The maximum Gasteiger partial charge on any atom is 0.169 e. The largest absolute Gasteiger partial charge is 0.457 e. The first-order valence-electron chi connectivity index (χ1n) is 5.79. The van der Waals surface area contributed by atoms with E-state index < -0.39 is 11.6 Å². The topological polar surface area (TPSA) is 9.23 Å². The minimum absolute atomic E-state index is 0. The summed E-state index contributed by atoms with van der Waals surface area (Å²) in [6, 6.07) is 11.0. The molecule has 0 amide bonds. The number of ether oxygens (including phenoxy) is 1. The van der Waals surface area contributed by atoms with Gasteiger partial charge in [-0.05, 0) is 24.3 Å². The molecule has 2 aromatic carbocycles. The standard InChI is InChI=1S/C14H13BF2O.CH4/c1-15(2)10-3-5-11(6-4-10)18-12-7-8-13(16)14(17)9-12;/h3-9H,1-2H3;1H4. The lowest BCUT2D eigenvalue weighted by molar-refractivity contribution is 0.461. The molecule has 0 aliphatic heterocycles. The third-order valence-electron chi connectivity index (χ3n) is 2.67. The first-order chi connectivity index (χ1) is 8.56. The van der Waals surface area contributed by atoms with Crippen molar-refractivity contribution in [2.45, 2.75) is 21.1 Å². The van der Waals surface area contributed by atoms with Crippen LogP contribution in [0, 0.1) is 11.6 Å². The van der Waals surface area contributed by atoms with Crippen LogP contribution in [0.3, 0.4) is 0 Å². The molecule has 0 aliphatic rings. The van der Waals surface area contributed by atoms with Gasteiger partial charge in [0.05, 0.1) is 0 Å². The second kappa shape index (κ2) is 6.37.